The smallest absolute Gasteiger partial charge is 0.255 e. The molecule has 0 bridgehead atoms. The number of amides is 1. The van der Waals surface area contributed by atoms with Crippen LogP contribution in [0.1, 0.15) is 33.8 Å². The molecule has 1 aliphatic heterocycles. The van der Waals surface area contributed by atoms with E-state index in [1.165, 1.54) is 0 Å². The fourth-order valence-corrected chi connectivity index (χ4v) is 5.58. The van der Waals surface area contributed by atoms with Crippen molar-refractivity contribution in [3.8, 4) is 10.6 Å². The Hall–Kier alpha value is -2.55. The van der Waals surface area contributed by atoms with Gasteiger partial charge in [0.05, 0.1) is 39.9 Å². The molecule has 0 radical (unpaired) electrons. The van der Waals surface area contributed by atoms with Gasteiger partial charge < -0.3 is 9.64 Å². The van der Waals surface area contributed by atoms with E-state index in [0.29, 0.717) is 18.7 Å². The van der Waals surface area contributed by atoms with Crippen LogP contribution in [0, 0.1) is 6.92 Å². The van der Waals surface area contributed by atoms with Crippen molar-refractivity contribution in [1.82, 2.24) is 19.7 Å². The third-order valence-electron chi connectivity index (χ3n) is 5.63. The topological polar surface area (TPSA) is 60.2 Å². The number of thiophene rings is 2. The summed E-state index contributed by atoms with van der Waals surface area (Å²) < 4.78 is 7.64. The molecule has 0 spiro atoms. The Morgan fingerprint density at radius 3 is 2.84 bits per heavy atom. The van der Waals surface area contributed by atoms with E-state index >= 15 is 0 Å². The van der Waals surface area contributed by atoms with Gasteiger partial charge >= 0.3 is 0 Å². The number of aryl methyl sites for hydroxylation is 2. The van der Waals surface area contributed by atoms with Gasteiger partial charge in [0.2, 0.25) is 0 Å². The van der Waals surface area contributed by atoms with Crippen molar-refractivity contribution in [2.75, 3.05) is 13.2 Å². The predicted octanol–water partition coefficient (Wildman–Crippen LogP) is 4.89. The van der Waals surface area contributed by atoms with E-state index in [1.807, 2.05) is 48.5 Å². The Labute approximate surface area is 189 Å². The number of fused-ring (bicyclic) bond motifs is 1. The van der Waals surface area contributed by atoms with Gasteiger partial charge in [-0.1, -0.05) is 12.1 Å². The van der Waals surface area contributed by atoms with Crippen LogP contribution in [0.15, 0.2) is 41.1 Å². The third-order valence-corrected chi connectivity index (χ3v) is 7.39. The first kappa shape index (κ1) is 20.4. The number of carbonyl (C=O) groups is 1. The lowest BCUT2D eigenvalue weighted by molar-refractivity contribution is 0.0511. The van der Waals surface area contributed by atoms with Gasteiger partial charge in [0.15, 0.2) is 5.65 Å². The summed E-state index contributed by atoms with van der Waals surface area (Å²) in [4.78, 5) is 22.9. The zero-order valence-corrected chi connectivity index (χ0v) is 19.2. The summed E-state index contributed by atoms with van der Waals surface area (Å²) in [5.41, 5.74) is 3.02. The SMILES string of the molecule is Cc1nn(C)c2nc(-c3cccs3)cc(C(=O)N(Cc3cccs3)CC3CCCO3)c12. The van der Waals surface area contributed by atoms with Crippen LogP contribution in [0.5, 0.6) is 0 Å². The van der Waals surface area contributed by atoms with Gasteiger partial charge in [-0.3, -0.25) is 9.48 Å². The Morgan fingerprint density at radius 2 is 2.13 bits per heavy atom. The molecule has 160 valence electrons. The summed E-state index contributed by atoms with van der Waals surface area (Å²) in [6, 6.07) is 10.1. The standard InChI is InChI=1S/C23H24N4O2S2/c1-15-21-18(12-19(20-8-5-11-31-20)24-22(21)26(2)25-15)23(28)27(13-16-6-3-9-29-16)14-17-7-4-10-30-17/h4-5,7-8,10-12,16H,3,6,9,13-14H2,1-2H3. The number of hydrogen-bond acceptors (Lipinski definition) is 6. The van der Waals surface area contributed by atoms with Crippen molar-refractivity contribution < 1.29 is 9.53 Å². The molecule has 1 amide bonds. The summed E-state index contributed by atoms with van der Waals surface area (Å²) in [5, 5.41) is 9.46. The molecule has 0 aliphatic carbocycles. The van der Waals surface area contributed by atoms with Gasteiger partial charge in [0.1, 0.15) is 0 Å². The van der Waals surface area contributed by atoms with E-state index in [0.717, 1.165) is 51.6 Å². The molecule has 8 heteroatoms. The minimum absolute atomic E-state index is 0.00482. The summed E-state index contributed by atoms with van der Waals surface area (Å²) in [6.45, 7) is 3.88. The maximum absolute atomic E-state index is 14.0. The minimum Gasteiger partial charge on any atom is -0.376 e. The number of carbonyl (C=O) groups excluding carboxylic acids is 1. The van der Waals surface area contributed by atoms with Gasteiger partial charge in [-0.15, -0.1) is 22.7 Å². The zero-order valence-electron chi connectivity index (χ0n) is 17.6. The Balaban J connectivity index is 1.59. The molecule has 5 rings (SSSR count). The Kier molecular flexibility index (Phi) is 5.60. The number of rotatable bonds is 6. The summed E-state index contributed by atoms with van der Waals surface area (Å²) in [7, 11) is 1.88. The molecular formula is C23H24N4O2S2. The van der Waals surface area contributed by atoms with Gasteiger partial charge in [0, 0.05) is 25.1 Å². The number of hydrogen-bond donors (Lipinski definition) is 0. The van der Waals surface area contributed by atoms with Crippen molar-refractivity contribution in [2.24, 2.45) is 7.05 Å². The molecule has 0 N–H and O–H groups in total. The highest BCUT2D eigenvalue weighted by Crippen LogP contribution is 2.31. The first-order valence-corrected chi connectivity index (χ1v) is 12.2. The van der Waals surface area contributed by atoms with E-state index < -0.39 is 0 Å². The largest absolute Gasteiger partial charge is 0.376 e. The van der Waals surface area contributed by atoms with Crippen LogP contribution in [0.2, 0.25) is 0 Å². The van der Waals surface area contributed by atoms with E-state index in [2.05, 4.69) is 16.5 Å². The number of pyridine rings is 1. The minimum atomic E-state index is 0.00482. The summed E-state index contributed by atoms with van der Waals surface area (Å²) >= 11 is 3.29. The maximum atomic E-state index is 14.0. The van der Waals surface area contributed by atoms with Crippen LogP contribution in [-0.2, 0) is 18.3 Å². The maximum Gasteiger partial charge on any atom is 0.255 e. The van der Waals surface area contributed by atoms with E-state index in [4.69, 9.17) is 9.72 Å². The lowest BCUT2D eigenvalue weighted by Crippen LogP contribution is -2.37. The van der Waals surface area contributed by atoms with Gasteiger partial charge in [-0.25, -0.2) is 4.98 Å². The van der Waals surface area contributed by atoms with Gasteiger partial charge in [-0.2, -0.15) is 5.10 Å². The second kappa shape index (κ2) is 8.53. The van der Waals surface area contributed by atoms with E-state index in [1.54, 1.807) is 27.4 Å². The summed E-state index contributed by atoms with van der Waals surface area (Å²) in [6.07, 6.45) is 2.13. The number of nitrogens with zero attached hydrogens (tertiary/aromatic N) is 4. The number of aromatic nitrogens is 3. The average molecular weight is 453 g/mol. The highest BCUT2D eigenvalue weighted by molar-refractivity contribution is 7.13. The fourth-order valence-electron chi connectivity index (χ4n) is 4.18. The molecule has 0 saturated carbocycles. The average Bonchev–Trinajstić information content (AvgIpc) is 3.56. The first-order valence-electron chi connectivity index (χ1n) is 10.4. The molecule has 1 aliphatic rings. The number of ether oxygens (including phenoxy) is 1. The van der Waals surface area contributed by atoms with Crippen LogP contribution in [0.3, 0.4) is 0 Å². The molecule has 1 atom stereocenters. The van der Waals surface area contributed by atoms with Gasteiger partial charge in [-0.05, 0) is 48.7 Å². The van der Waals surface area contributed by atoms with Crippen molar-refractivity contribution in [3.05, 3.63) is 57.2 Å². The van der Waals surface area contributed by atoms with Gasteiger partial charge in [0.25, 0.3) is 5.91 Å². The monoisotopic (exact) mass is 452 g/mol. The van der Waals surface area contributed by atoms with Crippen molar-refractivity contribution in [2.45, 2.75) is 32.4 Å². The molecule has 4 aromatic rings. The molecular weight excluding hydrogens is 428 g/mol. The van der Waals surface area contributed by atoms with Crippen molar-refractivity contribution in [3.63, 3.8) is 0 Å². The van der Waals surface area contributed by atoms with Crippen molar-refractivity contribution >= 4 is 39.6 Å². The highest BCUT2D eigenvalue weighted by atomic mass is 32.1. The van der Waals surface area contributed by atoms with E-state index in [-0.39, 0.29) is 12.0 Å². The van der Waals surface area contributed by atoms with Crippen LogP contribution >= 0.6 is 22.7 Å². The van der Waals surface area contributed by atoms with Crippen molar-refractivity contribution in [1.29, 1.82) is 0 Å². The van der Waals surface area contributed by atoms with Crippen LogP contribution in [-0.4, -0.2) is 44.8 Å². The molecule has 1 saturated heterocycles. The molecule has 4 aromatic heterocycles. The molecule has 31 heavy (non-hydrogen) atoms. The molecule has 6 nitrogen and oxygen atoms in total. The lowest BCUT2D eigenvalue weighted by atomic mass is 10.1. The molecule has 5 heterocycles. The second-order valence-corrected chi connectivity index (χ2v) is 9.82. The Bertz CT molecular complexity index is 1190. The normalized spacial score (nSPS) is 16.3. The van der Waals surface area contributed by atoms with E-state index in [9.17, 15) is 4.79 Å². The predicted molar refractivity (Wildman–Crippen MR) is 125 cm³/mol. The molecule has 0 aromatic carbocycles. The third kappa shape index (κ3) is 4.03. The zero-order chi connectivity index (χ0) is 21.4. The lowest BCUT2D eigenvalue weighted by Gasteiger charge is -2.25. The highest BCUT2D eigenvalue weighted by Gasteiger charge is 2.27. The molecule has 1 fully saturated rings. The molecule has 1 unspecified atom stereocenters. The summed E-state index contributed by atoms with van der Waals surface area (Å²) in [5.74, 6) is 0.00482. The first-order chi connectivity index (χ1) is 15.1. The quantitative estimate of drug-likeness (QED) is 0.418. The van der Waals surface area contributed by atoms with Crippen LogP contribution in [0.25, 0.3) is 21.6 Å². The second-order valence-electron chi connectivity index (χ2n) is 7.84. The fraction of sp³-hybridized carbons (Fsp3) is 0.348. The van der Waals surface area contributed by atoms with Crippen LogP contribution in [0.4, 0.5) is 0 Å². The Morgan fingerprint density at radius 1 is 1.29 bits per heavy atom. The van der Waals surface area contributed by atoms with Crippen LogP contribution < -0.4 is 0 Å².